The molecule has 0 aliphatic carbocycles. The molecule has 5 nitrogen and oxygen atoms in total. The minimum absolute atomic E-state index is 0.282. The van der Waals surface area contributed by atoms with Gasteiger partial charge in [-0.05, 0) is 55.8 Å². The van der Waals surface area contributed by atoms with Crippen molar-refractivity contribution in [3.8, 4) is 5.69 Å². The molecule has 0 bridgehead atoms. The molecule has 4 rings (SSSR count). The highest BCUT2D eigenvalue weighted by Gasteiger charge is 2.35. The summed E-state index contributed by atoms with van der Waals surface area (Å²) in [4.78, 5) is 12.8. The molecule has 1 aromatic heterocycles. The molecule has 0 fully saturated rings. The van der Waals surface area contributed by atoms with Gasteiger partial charge in [0.05, 0.1) is 24.1 Å². The summed E-state index contributed by atoms with van der Waals surface area (Å²) in [5.41, 5.74) is 3.64. The van der Waals surface area contributed by atoms with E-state index >= 15 is 0 Å². The molecule has 1 aliphatic heterocycles. The van der Waals surface area contributed by atoms with Crippen molar-refractivity contribution in [2.45, 2.75) is 19.8 Å². The van der Waals surface area contributed by atoms with Crippen LogP contribution in [0.1, 0.15) is 30.9 Å². The lowest BCUT2D eigenvalue weighted by atomic mass is 9.83. The standard InChI is InChI=1S/C22H19ClFN3O2/c1-3-29-22(28)19-13(2)26-21-18(20(19)14-4-6-15(23)7-5-14)12-25-27(21)17-10-8-16(24)9-11-17/h4-12,20,26H,3H2,1-2H3/t20-/m0/s1. The molecular weight excluding hydrogens is 393 g/mol. The fraction of sp³-hybridized carbons (Fsp3) is 0.182. The normalized spacial score (nSPS) is 15.7. The topological polar surface area (TPSA) is 56.1 Å². The number of nitrogens with one attached hydrogen (secondary N) is 1. The van der Waals surface area contributed by atoms with Gasteiger partial charge in [-0.2, -0.15) is 5.10 Å². The van der Waals surface area contributed by atoms with Crippen LogP contribution in [0.3, 0.4) is 0 Å². The lowest BCUT2D eigenvalue weighted by molar-refractivity contribution is -0.138. The molecule has 2 heterocycles. The highest BCUT2D eigenvalue weighted by Crippen LogP contribution is 2.43. The van der Waals surface area contributed by atoms with Gasteiger partial charge in [-0.3, -0.25) is 0 Å². The van der Waals surface area contributed by atoms with Crippen LogP contribution < -0.4 is 5.32 Å². The van der Waals surface area contributed by atoms with Crippen LogP contribution in [0.2, 0.25) is 5.02 Å². The van der Waals surface area contributed by atoms with Gasteiger partial charge in [0, 0.05) is 22.2 Å². The fourth-order valence-electron chi connectivity index (χ4n) is 3.57. The Morgan fingerprint density at radius 1 is 1.21 bits per heavy atom. The second-order valence-corrected chi connectivity index (χ2v) is 7.14. The molecule has 29 heavy (non-hydrogen) atoms. The first-order valence-corrected chi connectivity index (χ1v) is 9.61. The van der Waals surface area contributed by atoms with Crippen molar-refractivity contribution in [3.05, 3.63) is 88.0 Å². The van der Waals surface area contributed by atoms with E-state index in [1.165, 1.54) is 12.1 Å². The summed E-state index contributed by atoms with van der Waals surface area (Å²) in [6.45, 7) is 3.89. The molecule has 1 aliphatic rings. The zero-order chi connectivity index (χ0) is 20.5. The summed E-state index contributed by atoms with van der Waals surface area (Å²) in [5.74, 6) is -0.334. The Morgan fingerprint density at radius 3 is 2.55 bits per heavy atom. The van der Waals surface area contributed by atoms with E-state index < -0.39 is 0 Å². The van der Waals surface area contributed by atoms with Crippen LogP contribution in [-0.2, 0) is 9.53 Å². The number of anilines is 1. The molecule has 3 aromatic rings. The largest absolute Gasteiger partial charge is 0.463 e. The van der Waals surface area contributed by atoms with Crippen molar-refractivity contribution in [3.63, 3.8) is 0 Å². The number of esters is 1. The van der Waals surface area contributed by atoms with E-state index in [0.29, 0.717) is 22.0 Å². The number of ether oxygens (including phenoxy) is 1. The van der Waals surface area contributed by atoms with Gasteiger partial charge >= 0.3 is 5.97 Å². The number of allylic oxidation sites excluding steroid dienone is 1. The minimum Gasteiger partial charge on any atom is -0.463 e. The Balaban J connectivity index is 1.87. The molecular formula is C22H19ClFN3O2. The smallest absolute Gasteiger partial charge is 0.336 e. The molecule has 7 heteroatoms. The molecule has 1 atom stereocenters. The average molecular weight is 412 g/mol. The molecule has 0 unspecified atom stereocenters. The van der Waals surface area contributed by atoms with Gasteiger partial charge in [0.25, 0.3) is 0 Å². The van der Waals surface area contributed by atoms with E-state index in [0.717, 1.165) is 16.9 Å². The number of carbonyl (C=O) groups is 1. The SMILES string of the molecule is CCOC(=O)C1=C(C)Nc2c(cnn2-c2ccc(F)cc2)[C@@H]1c1ccc(Cl)cc1. The second kappa shape index (κ2) is 7.72. The molecule has 0 amide bonds. The molecule has 0 radical (unpaired) electrons. The first kappa shape index (κ1) is 19.2. The van der Waals surface area contributed by atoms with Crippen molar-refractivity contribution >= 4 is 23.4 Å². The maximum Gasteiger partial charge on any atom is 0.336 e. The van der Waals surface area contributed by atoms with Crippen molar-refractivity contribution in [1.29, 1.82) is 0 Å². The van der Waals surface area contributed by atoms with Crippen LogP contribution in [0.5, 0.6) is 0 Å². The van der Waals surface area contributed by atoms with Crippen molar-refractivity contribution in [1.82, 2.24) is 9.78 Å². The predicted molar refractivity (Wildman–Crippen MR) is 110 cm³/mol. The Bertz CT molecular complexity index is 1090. The zero-order valence-electron chi connectivity index (χ0n) is 15.9. The van der Waals surface area contributed by atoms with E-state index in [9.17, 15) is 9.18 Å². The van der Waals surface area contributed by atoms with Crippen LogP contribution in [0.25, 0.3) is 5.69 Å². The summed E-state index contributed by atoms with van der Waals surface area (Å²) in [6.07, 6.45) is 1.72. The summed E-state index contributed by atoms with van der Waals surface area (Å²) >= 11 is 6.06. The first-order chi connectivity index (χ1) is 14.0. The number of nitrogens with zero attached hydrogens (tertiary/aromatic N) is 2. The number of fused-ring (bicyclic) bond motifs is 1. The average Bonchev–Trinajstić information content (AvgIpc) is 3.12. The molecule has 1 N–H and O–H groups in total. The van der Waals surface area contributed by atoms with Crippen LogP contribution >= 0.6 is 11.6 Å². The monoisotopic (exact) mass is 411 g/mol. The van der Waals surface area contributed by atoms with Crippen LogP contribution in [-0.4, -0.2) is 22.4 Å². The van der Waals surface area contributed by atoms with E-state index in [4.69, 9.17) is 16.3 Å². The number of rotatable bonds is 4. The van der Waals surface area contributed by atoms with E-state index in [1.807, 2.05) is 19.1 Å². The Kier molecular flexibility index (Phi) is 5.11. The number of carbonyl (C=O) groups excluding carboxylic acids is 1. The Labute approximate surface area is 172 Å². The molecule has 2 aromatic carbocycles. The summed E-state index contributed by atoms with van der Waals surface area (Å²) in [5, 5.41) is 8.39. The lowest BCUT2D eigenvalue weighted by Crippen LogP contribution is -2.24. The quantitative estimate of drug-likeness (QED) is 0.610. The summed E-state index contributed by atoms with van der Waals surface area (Å²) < 4.78 is 20.4. The maximum atomic E-state index is 13.3. The van der Waals surface area contributed by atoms with Crippen molar-refractivity contribution in [2.24, 2.45) is 0 Å². The van der Waals surface area contributed by atoms with E-state index in [2.05, 4.69) is 10.4 Å². The van der Waals surface area contributed by atoms with E-state index in [-0.39, 0.29) is 24.3 Å². The zero-order valence-corrected chi connectivity index (χ0v) is 16.7. The van der Waals surface area contributed by atoms with Crippen LogP contribution in [0.4, 0.5) is 10.2 Å². The van der Waals surface area contributed by atoms with Gasteiger partial charge in [0.1, 0.15) is 11.6 Å². The van der Waals surface area contributed by atoms with Crippen LogP contribution in [0, 0.1) is 5.82 Å². The first-order valence-electron chi connectivity index (χ1n) is 9.23. The van der Waals surface area contributed by atoms with Gasteiger partial charge in [0.2, 0.25) is 0 Å². The third-order valence-corrected chi connectivity index (χ3v) is 5.13. The second-order valence-electron chi connectivity index (χ2n) is 6.71. The van der Waals surface area contributed by atoms with Gasteiger partial charge in [-0.25, -0.2) is 13.9 Å². The fourth-order valence-corrected chi connectivity index (χ4v) is 3.70. The van der Waals surface area contributed by atoms with Crippen LogP contribution in [0.15, 0.2) is 66.0 Å². The van der Waals surface area contributed by atoms with Crippen molar-refractivity contribution < 1.29 is 13.9 Å². The number of halogens is 2. The lowest BCUT2D eigenvalue weighted by Gasteiger charge is -2.28. The number of hydrogen-bond donors (Lipinski definition) is 1. The Morgan fingerprint density at radius 2 is 1.90 bits per heavy atom. The predicted octanol–water partition coefficient (Wildman–Crippen LogP) is 5.06. The molecule has 0 spiro atoms. The third-order valence-electron chi connectivity index (χ3n) is 4.88. The number of benzene rings is 2. The van der Waals surface area contributed by atoms with Gasteiger partial charge in [-0.15, -0.1) is 0 Å². The summed E-state index contributed by atoms with van der Waals surface area (Å²) in [7, 11) is 0. The number of hydrogen-bond acceptors (Lipinski definition) is 4. The third kappa shape index (κ3) is 3.51. The molecule has 148 valence electrons. The minimum atomic E-state index is -0.377. The number of aromatic nitrogens is 2. The maximum absolute atomic E-state index is 13.3. The van der Waals surface area contributed by atoms with E-state index in [1.54, 1.807) is 42.1 Å². The highest BCUT2D eigenvalue weighted by atomic mass is 35.5. The molecule has 0 saturated heterocycles. The van der Waals surface area contributed by atoms with Gasteiger partial charge < -0.3 is 10.1 Å². The highest BCUT2D eigenvalue weighted by molar-refractivity contribution is 6.30. The van der Waals surface area contributed by atoms with Gasteiger partial charge in [0.15, 0.2) is 0 Å². The van der Waals surface area contributed by atoms with Gasteiger partial charge in [-0.1, -0.05) is 23.7 Å². The summed E-state index contributed by atoms with van der Waals surface area (Å²) in [6, 6.07) is 13.4. The molecule has 0 saturated carbocycles. The Hall–Kier alpha value is -3.12. The van der Waals surface area contributed by atoms with Crippen molar-refractivity contribution in [2.75, 3.05) is 11.9 Å².